The molecule has 0 radical (unpaired) electrons. The highest BCUT2D eigenvalue weighted by atomic mass is 79.9. The number of hydrogen-bond acceptors (Lipinski definition) is 3. The molecule has 1 unspecified atom stereocenters. The first-order valence-corrected chi connectivity index (χ1v) is 6.12. The van der Waals surface area contributed by atoms with Gasteiger partial charge >= 0.3 is 0 Å². The van der Waals surface area contributed by atoms with Crippen LogP contribution >= 0.6 is 15.9 Å². The SMILES string of the molecule is CCCC(O)c1nc2ccccc2nc1Br. The lowest BCUT2D eigenvalue weighted by Crippen LogP contribution is -2.03. The van der Waals surface area contributed by atoms with Crippen LogP contribution in [0.3, 0.4) is 0 Å². The molecule has 2 rings (SSSR count). The predicted molar refractivity (Wildman–Crippen MR) is 67.1 cm³/mol. The lowest BCUT2D eigenvalue weighted by atomic mass is 10.1. The molecule has 0 amide bonds. The largest absolute Gasteiger partial charge is 0.387 e. The Morgan fingerprint density at radius 2 is 1.88 bits per heavy atom. The Morgan fingerprint density at radius 3 is 2.50 bits per heavy atom. The molecule has 0 saturated heterocycles. The van der Waals surface area contributed by atoms with E-state index in [1.807, 2.05) is 31.2 Å². The molecule has 0 aliphatic heterocycles. The molecule has 0 aliphatic rings. The van der Waals surface area contributed by atoms with Crippen LogP contribution < -0.4 is 0 Å². The Morgan fingerprint density at radius 1 is 1.25 bits per heavy atom. The van der Waals surface area contributed by atoms with Gasteiger partial charge in [0.25, 0.3) is 0 Å². The molecule has 1 N–H and O–H groups in total. The second-order valence-corrected chi connectivity index (χ2v) is 4.44. The molecular formula is C12H13BrN2O. The monoisotopic (exact) mass is 280 g/mol. The Kier molecular flexibility index (Phi) is 3.51. The van der Waals surface area contributed by atoms with Crippen molar-refractivity contribution >= 4 is 27.0 Å². The first-order chi connectivity index (χ1) is 7.72. The number of aromatic nitrogens is 2. The van der Waals surface area contributed by atoms with Gasteiger partial charge in [-0.25, -0.2) is 9.97 Å². The Labute approximate surface area is 103 Å². The summed E-state index contributed by atoms with van der Waals surface area (Å²) in [5.74, 6) is 0. The average molecular weight is 281 g/mol. The van der Waals surface area contributed by atoms with E-state index in [1.165, 1.54) is 0 Å². The van der Waals surface area contributed by atoms with Crippen LogP contribution in [0.25, 0.3) is 11.0 Å². The first-order valence-electron chi connectivity index (χ1n) is 5.32. The molecule has 1 atom stereocenters. The van der Waals surface area contributed by atoms with Crippen molar-refractivity contribution in [3.63, 3.8) is 0 Å². The molecule has 1 aromatic carbocycles. The van der Waals surface area contributed by atoms with E-state index in [0.717, 1.165) is 17.5 Å². The number of rotatable bonds is 3. The normalized spacial score (nSPS) is 12.9. The summed E-state index contributed by atoms with van der Waals surface area (Å²) in [4.78, 5) is 8.81. The average Bonchev–Trinajstić information content (AvgIpc) is 2.28. The fraction of sp³-hybridized carbons (Fsp3) is 0.333. The molecule has 0 fully saturated rings. The number of halogens is 1. The van der Waals surface area contributed by atoms with Crippen molar-refractivity contribution in [3.05, 3.63) is 34.6 Å². The molecule has 0 aliphatic carbocycles. The van der Waals surface area contributed by atoms with Gasteiger partial charge in [-0.2, -0.15) is 0 Å². The maximum Gasteiger partial charge on any atom is 0.131 e. The van der Waals surface area contributed by atoms with Gasteiger partial charge in [-0.3, -0.25) is 0 Å². The molecule has 0 saturated carbocycles. The van der Waals surface area contributed by atoms with Crippen LogP contribution in [-0.2, 0) is 0 Å². The summed E-state index contributed by atoms with van der Waals surface area (Å²) in [5.41, 5.74) is 2.28. The number of aliphatic hydroxyl groups excluding tert-OH is 1. The number of fused-ring (bicyclic) bond motifs is 1. The van der Waals surface area contributed by atoms with Gasteiger partial charge in [0.15, 0.2) is 0 Å². The fourth-order valence-electron chi connectivity index (χ4n) is 1.61. The van der Waals surface area contributed by atoms with Crippen LogP contribution in [0, 0.1) is 0 Å². The van der Waals surface area contributed by atoms with E-state index in [2.05, 4.69) is 25.9 Å². The molecule has 0 bridgehead atoms. The highest BCUT2D eigenvalue weighted by molar-refractivity contribution is 9.10. The summed E-state index contributed by atoms with van der Waals surface area (Å²) in [6.45, 7) is 2.03. The van der Waals surface area contributed by atoms with Crippen LogP contribution in [0.15, 0.2) is 28.9 Å². The van der Waals surface area contributed by atoms with Crippen molar-refractivity contribution in [1.82, 2.24) is 9.97 Å². The minimum absolute atomic E-state index is 0.545. The molecule has 16 heavy (non-hydrogen) atoms. The van der Waals surface area contributed by atoms with Crippen LogP contribution in [0.1, 0.15) is 31.6 Å². The molecule has 3 nitrogen and oxygen atoms in total. The standard InChI is InChI=1S/C12H13BrN2O/c1-2-5-10(16)11-12(13)15-9-7-4-3-6-8(9)14-11/h3-4,6-7,10,16H,2,5H2,1H3. The zero-order chi connectivity index (χ0) is 11.5. The minimum atomic E-state index is -0.545. The van der Waals surface area contributed by atoms with Gasteiger partial charge in [0.05, 0.1) is 17.1 Å². The smallest absolute Gasteiger partial charge is 0.131 e. The molecular weight excluding hydrogens is 268 g/mol. The zero-order valence-corrected chi connectivity index (χ0v) is 10.6. The van der Waals surface area contributed by atoms with Crippen LogP contribution in [-0.4, -0.2) is 15.1 Å². The molecule has 0 spiro atoms. The zero-order valence-electron chi connectivity index (χ0n) is 9.02. The highest BCUT2D eigenvalue weighted by Crippen LogP contribution is 2.25. The molecule has 4 heteroatoms. The number of hydrogen-bond donors (Lipinski definition) is 1. The number of para-hydroxylation sites is 2. The maximum absolute atomic E-state index is 9.93. The van der Waals surface area contributed by atoms with E-state index in [0.29, 0.717) is 16.7 Å². The maximum atomic E-state index is 9.93. The summed E-state index contributed by atoms with van der Waals surface area (Å²) in [6, 6.07) is 7.65. The van der Waals surface area contributed by atoms with Gasteiger partial charge < -0.3 is 5.11 Å². The lowest BCUT2D eigenvalue weighted by molar-refractivity contribution is 0.161. The van der Waals surface area contributed by atoms with E-state index in [-0.39, 0.29) is 0 Å². The highest BCUT2D eigenvalue weighted by Gasteiger charge is 2.14. The topological polar surface area (TPSA) is 46.0 Å². The van der Waals surface area contributed by atoms with E-state index >= 15 is 0 Å². The van der Waals surface area contributed by atoms with Gasteiger partial charge in [-0.05, 0) is 34.5 Å². The summed E-state index contributed by atoms with van der Waals surface area (Å²) >= 11 is 3.35. The van der Waals surface area contributed by atoms with Crippen molar-refractivity contribution in [2.45, 2.75) is 25.9 Å². The van der Waals surface area contributed by atoms with Gasteiger partial charge in [0, 0.05) is 0 Å². The second kappa shape index (κ2) is 4.89. The Hall–Kier alpha value is -1.00. The Balaban J connectivity index is 2.49. The van der Waals surface area contributed by atoms with Gasteiger partial charge in [0.1, 0.15) is 10.3 Å². The molecule has 2 aromatic rings. The van der Waals surface area contributed by atoms with Crippen LogP contribution in [0.2, 0.25) is 0 Å². The fourth-order valence-corrected chi connectivity index (χ4v) is 2.16. The number of benzene rings is 1. The van der Waals surface area contributed by atoms with Crippen molar-refractivity contribution < 1.29 is 5.11 Å². The van der Waals surface area contributed by atoms with E-state index in [1.54, 1.807) is 0 Å². The summed E-state index contributed by atoms with van der Waals surface area (Å²) < 4.78 is 0.632. The van der Waals surface area contributed by atoms with Crippen LogP contribution in [0.4, 0.5) is 0 Å². The van der Waals surface area contributed by atoms with E-state index in [4.69, 9.17) is 0 Å². The predicted octanol–water partition coefficient (Wildman–Crippen LogP) is 3.23. The molecule has 1 heterocycles. The van der Waals surface area contributed by atoms with Crippen LogP contribution in [0.5, 0.6) is 0 Å². The minimum Gasteiger partial charge on any atom is -0.387 e. The quantitative estimate of drug-likeness (QED) is 0.939. The van der Waals surface area contributed by atoms with Gasteiger partial charge in [-0.15, -0.1) is 0 Å². The molecule has 1 aromatic heterocycles. The lowest BCUT2D eigenvalue weighted by Gasteiger charge is -2.10. The van der Waals surface area contributed by atoms with Crippen molar-refractivity contribution in [3.8, 4) is 0 Å². The van der Waals surface area contributed by atoms with Gasteiger partial charge in [0.2, 0.25) is 0 Å². The summed E-state index contributed by atoms with van der Waals surface area (Å²) in [5, 5.41) is 9.93. The summed E-state index contributed by atoms with van der Waals surface area (Å²) in [6.07, 6.45) is 1.07. The third-order valence-electron chi connectivity index (χ3n) is 2.43. The molecule has 84 valence electrons. The summed E-state index contributed by atoms with van der Waals surface area (Å²) in [7, 11) is 0. The van der Waals surface area contributed by atoms with E-state index < -0.39 is 6.10 Å². The third-order valence-corrected chi connectivity index (χ3v) is 3.01. The number of aliphatic hydroxyl groups is 1. The van der Waals surface area contributed by atoms with Gasteiger partial charge in [-0.1, -0.05) is 25.5 Å². The second-order valence-electron chi connectivity index (χ2n) is 3.69. The number of nitrogens with zero attached hydrogens (tertiary/aromatic N) is 2. The van der Waals surface area contributed by atoms with Crippen molar-refractivity contribution in [1.29, 1.82) is 0 Å². The van der Waals surface area contributed by atoms with Crippen molar-refractivity contribution in [2.75, 3.05) is 0 Å². The first kappa shape index (κ1) is 11.5. The van der Waals surface area contributed by atoms with E-state index in [9.17, 15) is 5.11 Å². The van der Waals surface area contributed by atoms with Crippen molar-refractivity contribution in [2.24, 2.45) is 0 Å². The Bertz CT molecular complexity index is 501. The third kappa shape index (κ3) is 2.23.